The molecular weight excluding hydrogens is 172 g/mol. The third-order valence-corrected chi connectivity index (χ3v) is 3.89. The first-order valence-corrected chi connectivity index (χ1v) is 6.37. The lowest BCUT2D eigenvalue weighted by Crippen LogP contribution is -2.49. The molecule has 0 aromatic heterocycles. The first-order chi connectivity index (χ1) is 6.88. The van der Waals surface area contributed by atoms with Gasteiger partial charge in [0, 0.05) is 12.1 Å². The van der Waals surface area contributed by atoms with Gasteiger partial charge >= 0.3 is 0 Å². The summed E-state index contributed by atoms with van der Waals surface area (Å²) in [7, 11) is 0. The largest absolute Gasteiger partial charge is 0.326 e. The van der Waals surface area contributed by atoms with Crippen molar-refractivity contribution in [1.29, 1.82) is 0 Å². The highest BCUT2D eigenvalue weighted by atomic mass is 15.2. The molecule has 2 fully saturated rings. The van der Waals surface area contributed by atoms with E-state index in [2.05, 4.69) is 4.90 Å². The summed E-state index contributed by atoms with van der Waals surface area (Å²) in [4.78, 5) is 2.67. The van der Waals surface area contributed by atoms with E-state index in [9.17, 15) is 0 Å². The predicted molar refractivity (Wildman–Crippen MR) is 60.3 cm³/mol. The minimum absolute atomic E-state index is 0.454. The third kappa shape index (κ3) is 2.48. The van der Waals surface area contributed by atoms with Gasteiger partial charge in [-0.2, -0.15) is 0 Å². The number of rotatable bonds is 1. The normalized spacial score (nSPS) is 36.6. The minimum atomic E-state index is 0.454. The van der Waals surface area contributed by atoms with Crippen molar-refractivity contribution in [3.05, 3.63) is 0 Å². The molecule has 1 aliphatic heterocycles. The van der Waals surface area contributed by atoms with Crippen molar-refractivity contribution in [2.24, 2.45) is 5.73 Å². The Kier molecular flexibility index (Phi) is 3.82. The summed E-state index contributed by atoms with van der Waals surface area (Å²) in [6, 6.07) is 1.16. The van der Waals surface area contributed by atoms with Gasteiger partial charge in [0.05, 0.1) is 0 Å². The van der Waals surface area contributed by atoms with E-state index in [-0.39, 0.29) is 0 Å². The molecule has 2 N–H and O–H groups in total. The van der Waals surface area contributed by atoms with Gasteiger partial charge in [0.1, 0.15) is 0 Å². The van der Waals surface area contributed by atoms with E-state index in [0.29, 0.717) is 12.1 Å². The maximum atomic E-state index is 6.27. The Labute approximate surface area is 87.8 Å². The molecule has 2 heteroatoms. The summed E-state index contributed by atoms with van der Waals surface area (Å²) in [5.74, 6) is 0. The van der Waals surface area contributed by atoms with Gasteiger partial charge in [-0.15, -0.1) is 0 Å². The number of likely N-dealkylation sites (tertiary alicyclic amines) is 1. The molecule has 0 radical (unpaired) electrons. The summed E-state index contributed by atoms with van der Waals surface area (Å²) in [6.45, 7) is 2.61. The van der Waals surface area contributed by atoms with Crippen LogP contribution >= 0.6 is 0 Å². The Hall–Kier alpha value is -0.0800. The average molecular weight is 196 g/mol. The molecule has 0 amide bonds. The zero-order chi connectivity index (χ0) is 9.80. The van der Waals surface area contributed by atoms with Crippen molar-refractivity contribution < 1.29 is 0 Å². The Morgan fingerprint density at radius 2 is 1.43 bits per heavy atom. The zero-order valence-corrected chi connectivity index (χ0v) is 9.25. The fraction of sp³-hybridized carbons (Fsp3) is 1.00. The maximum Gasteiger partial charge on any atom is 0.0247 e. The van der Waals surface area contributed by atoms with E-state index in [4.69, 9.17) is 5.73 Å². The summed E-state index contributed by atoms with van der Waals surface area (Å²) < 4.78 is 0. The Balaban J connectivity index is 1.91. The second kappa shape index (κ2) is 5.13. The molecule has 2 atom stereocenters. The number of hydrogen-bond acceptors (Lipinski definition) is 2. The van der Waals surface area contributed by atoms with E-state index in [1.807, 2.05) is 0 Å². The molecule has 1 saturated carbocycles. The fourth-order valence-electron chi connectivity index (χ4n) is 3.02. The van der Waals surface area contributed by atoms with Gasteiger partial charge in [-0.1, -0.05) is 25.7 Å². The fourth-order valence-corrected chi connectivity index (χ4v) is 3.02. The quantitative estimate of drug-likeness (QED) is 0.651. The molecule has 0 bridgehead atoms. The van der Waals surface area contributed by atoms with Crippen molar-refractivity contribution in [1.82, 2.24) is 4.90 Å². The summed E-state index contributed by atoms with van der Waals surface area (Å²) >= 11 is 0. The van der Waals surface area contributed by atoms with Crippen LogP contribution in [0.4, 0.5) is 0 Å². The van der Waals surface area contributed by atoms with Crippen LogP contribution in [0.1, 0.15) is 51.4 Å². The van der Waals surface area contributed by atoms with Crippen LogP contribution in [0.3, 0.4) is 0 Å². The first kappa shape index (κ1) is 10.4. The van der Waals surface area contributed by atoms with Crippen molar-refractivity contribution >= 4 is 0 Å². The summed E-state index contributed by atoms with van der Waals surface area (Å²) in [6.07, 6.45) is 11.0. The third-order valence-electron chi connectivity index (χ3n) is 3.89. The molecule has 14 heavy (non-hydrogen) atoms. The molecule has 0 aromatic carbocycles. The molecule has 2 rings (SSSR count). The molecule has 1 saturated heterocycles. The molecular formula is C12H24N2. The summed E-state index contributed by atoms with van der Waals surface area (Å²) in [5, 5.41) is 0. The van der Waals surface area contributed by atoms with Gasteiger partial charge in [-0.05, 0) is 38.8 Å². The van der Waals surface area contributed by atoms with Gasteiger partial charge in [-0.25, -0.2) is 0 Å². The van der Waals surface area contributed by atoms with Crippen molar-refractivity contribution in [2.75, 3.05) is 13.1 Å². The van der Waals surface area contributed by atoms with Crippen molar-refractivity contribution in [3.8, 4) is 0 Å². The van der Waals surface area contributed by atoms with Crippen LogP contribution in [-0.4, -0.2) is 30.1 Å². The molecule has 2 aliphatic rings. The number of hydrogen-bond donors (Lipinski definition) is 1. The predicted octanol–water partition coefficient (Wildman–Crippen LogP) is 2.13. The van der Waals surface area contributed by atoms with Crippen LogP contribution in [0.2, 0.25) is 0 Å². The molecule has 2 unspecified atom stereocenters. The molecule has 1 aliphatic carbocycles. The van der Waals surface area contributed by atoms with E-state index < -0.39 is 0 Å². The smallest absolute Gasteiger partial charge is 0.0247 e. The van der Waals surface area contributed by atoms with Gasteiger partial charge in [0.25, 0.3) is 0 Å². The van der Waals surface area contributed by atoms with Crippen molar-refractivity contribution in [3.63, 3.8) is 0 Å². The first-order valence-electron chi connectivity index (χ1n) is 6.37. The highest BCUT2D eigenvalue weighted by Gasteiger charge is 2.26. The van der Waals surface area contributed by atoms with Crippen LogP contribution in [0.5, 0.6) is 0 Å². The molecule has 2 nitrogen and oxygen atoms in total. The standard InChI is InChI=1S/C12H24N2/c13-11-7-3-1-4-8-12(11)14-9-5-2-6-10-14/h11-12H,1-10,13H2. The average Bonchev–Trinajstić information content (AvgIpc) is 2.44. The number of piperidine rings is 1. The van der Waals surface area contributed by atoms with Crippen LogP contribution in [0, 0.1) is 0 Å². The molecule has 1 heterocycles. The Bertz CT molecular complexity index is 164. The second-order valence-electron chi connectivity index (χ2n) is 4.97. The van der Waals surface area contributed by atoms with E-state index >= 15 is 0 Å². The molecule has 0 spiro atoms. The van der Waals surface area contributed by atoms with Crippen LogP contribution in [-0.2, 0) is 0 Å². The molecule has 82 valence electrons. The van der Waals surface area contributed by atoms with E-state index in [0.717, 1.165) is 0 Å². The maximum absolute atomic E-state index is 6.27. The van der Waals surface area contributed by atoms with E-state index in [1.54, 1.807) is 0 Å². The summed E-state index contributed by atoms with van der Waals surface area (Å²) in [5.41, 5.74) is 6.27. The number of nitrogens with two attached hydrogens (primary N) is 1. The topological polar surface area (TPSA) is 29.3 Å². The van der Waals surface area contributed by atoms with Crippen LogP contribution in [0.25, 0.3) is 0 Å². The van der Waals surface area contributed by atoms with Crippen LogP contribution < -0.4 is 5.73 Å². The zero-order valence-electron chi connectivity index (χ0n) is 9.25. The SMILES string of the molecule is NC1CCCCCC1N1CCCCC1. The highest BCUT2D eigenvalue weighted by molar-refractivity contribution is 4.85. The Morgan fingerprint density at radius 1 is 0.786 bits per heavy atom. The van der Waals surface area contributed by atoms with Gasteiger partial charge < -0.3 is 5.73 Å². The second-order valence-corrected chi connectivity index (χ2v) is 4.97. The lowest BCUT2D eigenvalue weighted by atomic mass is 9.99. The lowest BCUT2D eigenvalue weighted by molar-refractivity contribution is 0.135. The lowest BCUT2D eigenvalue weighted by Gasteiger charge is -2.37. The van der Waals surface area contributed by atoms with Gasteiger partial charge in [-0.3, -0.25) is 4.90 Å². The molecule has 0 aromatic rings. The van der Waals surface area contributed by atoms with Crippen molar-refractivity contribution in [2.45, 2.75) is 63.5 Å². The van der Waals surface area contributed by atoms with E-state index in [1.165, 1.54) is 64.5 Å². The van der Waals surface area contributed by atoms with Gasteiger partial charge in [0.15, 0.2) is 0 Å². The minimum Gasteiger partial charge on any atom is -0.326 e. The van der Waals surface area contributed by atoms with Gasteiger partial charge in [0.2, 0.25) is 0 Å². The highest BCUT2D eigenvalue weighted by Crippen LogP contribution is 2.23. The number of nitrogens with zero attached hydrogens (tertiary/aromatic N) is 1. The Morgan fingerprint density at radius 3 is 2.21 bits per heavy atom. The van der Waals surface area contributed by atoms with Crippen LogP contribution in [0.15, 0.2) is 0 Å². The monoisotopic (exact) mass is 196 g/mol.